The normalized spacial score (nSPS) is 15.3. The van der Waals surface area contributed by atoms with Crippen LogP contribution in [-0.4, -0.2) is 15.8 Å². The highest BCUT2D eigenvalue weighted by molar-refractivity contribution is 7.00. The molecule has 5 nitrogen and oxygen atoms in total. The maximum atomic E-state index is 9.92. The molecule has 6 heteroatoms. The summed E-state index contributed by atoms with van der Waals surface area (Å²) in [6.07, 6.45) is 0. The molecule has 0 N–H and O–H groups in total. The van der Waals surface area contributed by atoms with E-state index >= 15 is 0 Å². The third-order valence-electron chi connectivity index (χ3n) is 20.8. The van der Waals surface area contributed by atoms with Gasteiger partial charge in [0.1, 0.15) is 11.2 Å². The second kappa shape index (κ2) is 22.8. The molecule has 490 valence electrons. The predicted molar refractivity (Wildman–Crippen MR) is 434 cm³/mol. The fraction of sp³-hybridized carbons (Fsp3) is 0.125. The van der Waals surface area contributed by atoms with Gasteiger partial charge in [-0.3, -0.25) is 0 Å². The molecule has 0 amide bonds. The molecule has 14 aromatic carbocycles. The monoisotopic (exact) mass is 1330 g/mol. The fourth-order valence-corrected chi connectivity index (χ4v) is 15.8. The zero-order valence-electron chi connectivity index (χ0n) is 73.9. The van der Waals surface area contributed by atoms with Gasteiger partial charge in [-0.2, -0.15) is 0 Å². The molecule has 2 aliphatic heterocycles. The first-order valence-electron chi connectivity index (χ1n) is 42.7. The number of anilines is 6. The van der Waals surface area contributed by atoms with Crippen molar-refractivity contribution in [1.82, 2.24) is 9.13 Å². The zero-order chi connectivity index (χ0) is 83.0. The average Bonchev–Trinajstić information content (AvgIpc) is 0.846. The summed E-state index contributed by atoms with van der Waals surface area (Å²) in [6, 6.07) is 62.3. The summed E-state index contributed by atoms with van der Waals surface area (Å²) >= 11 is 0. The zero-order valence-corrected chi connectivity index (χ0v) is 57.9. The van der Waals surface area contributed by atoms with E-state index in [2.05, 4.69) is 169 Å². The Hall–Kier alpha value is -11.9. The molecule has 0 atom stereocenters. The van der Waals surface area contributed by atoms with Gasteiger partial charge in [-0.05, 0) is 157 Å². The van der Waals surface area contributed by atoms with Crippen LogP contribution >= 0.6 is 0 Å². The number of hydrogen-bond donors (Lipinski definition) is 0. The van der Waals surface area contributed by atoms with E-state index in [9.17, 15) is 16.4 Å². The minimum Gasteiger partial charge on any atom is -0.455 e. The first kappa shape index (κ1) is 46.5. The van der Waals surface area contributed by atoms with Gasteiger partial charge >= 0.3 is 0 Å². The van der Waals surface area contributed by atoms with Crippen LogP contribution in [0.1, 0.15) is 101 Å². The second-order valence-electron chi connectivity index (χ2n) is 30.1. The van der Waals surface area contributed by atoms with Gasteiger partial charge in [0, 0.05) is 94.3 Å². The Balaban J connectivity index is 1.05. The Bertz CT molecular complexity index is 7070. The lowest BCUT2D eigenvalue weighted by Crippen LogP contribution is -2.61. The lowest BCUT2D eigenvalue weighted by molar-refractivity contribution is 0.590. The summed E-state index contributed by atoms with van der Waals surface area (Å²) in [4.78, 5) is 4.68. The number of aromatic nitrogens is 2. The number of para-hydroxylation sites is 6. The van der Waals surface area contributed by atoms with Crippen LogP contribution in [0.2, 0.25) is 0 Å². The van der Waals surface area contributed by atoms with Crippen LogP contribution in [0, 0.1) is 0 Å². The minimum absolute atomic E-state index is 0.0516. The molecule has 0 radical (unpaired) electrons. The van der Waals surface area contributed by atoms with Crippen LogP contribution < -0.4 is 26.2 Å². The Kier molecular flexibility index (Phi) is 10.4. The van der Waals surface area contributed by atoms with E-state index in [1.165, 1.54) is 0 Å². The Labute approximate surface area is 619 Å². The molecule has 0 saturated carbocycles. The quantitative estimate of drug-likeness (QED) is 0.142. The van der Waals surface area contributed by atoms with Gasteiger partial charge in [-0.15, -0.1) is 0 Å². The van der Waals surface area contributed by atoms with Gasteiger partial charge < -0.3 is 23.4 Å². The Morgan fingerprint density at radius 2 is 0.676 bits per heavy atom. The van der Waals surface area contributed by atoms with Crippen LogP contribution in [0.5, 0.6) is 0 Å². The lowest BCUT2D eigenvalue weighted by Gasteiger charge is -2.47. The van der Waals surface area contributed by atoms with Gasteiger partial charge in [0.2, 0.25) is 0 Å². The molecule has 0 bridgehead atoms. The maximum absolute atomic E-state index is 9.92. The third kappa shape index (κ3) is 9.52. The molecule has 19 rings (SSSR count). The molecule has 0 spiro atoms. The summed E-state index contributed by atoms with van der Waals surface area (Å²) in [5, 5.41) is 1.51. The minimum atomic E-state index is -0.786. The third-order valence-corrected chi connectivity index (χ3v) is 20.8. The smallest absolute Gasteiger partial charge is 0.252 e. The molecule has 2 aliphatic rings. The van der Waals surface area contributed by atoms with E-state index in [4.69, 9.17) is 9.90 Å². The van der Waals surface area contributed by atoms with Crippen molar-refractivity contribution in [3.63, 3.8) is 0 Å². The van der Waals surface area contributed by atoms with E-state index in [1.807, 2.05) is 109 Å². The Morgan fingerprint density at radius 3 is 1.10 bits per heavy atom. The summed E-state index contributed by atoms with van der Waals surface area (Å²) in [7, 11) is 0. The van der Waals surface area contributed by atoms with Crippen molar-refractivity contribution in [3.8, 4) is 55.9 Å². The molecule has 5 heterocycles. The highest BCUT2D eigenvalue weighted by Crippen LogP contribution is 2.56. The molecule has 0 fully saturated rings. The standard InChI is InChI=1S/C96H77BN4O/c1-94(2,3)63-52-75(60-30-13-10-14-31-60)91(76(53-63)61-32-15-11-16-33-61)100-85-58-66(98-81-43-24-19-36-68(81)69-37-20-25-44-82(69)98)48-50-79(85)97-80-51-49-67(99-83-45-26-21-38-70(83)71-39-22-27-46-84(71)99)59-86(80)101(88-57-65(96(7,8)9)56-87(100)90(88)97)92-77(62-34-17-12-18-35-62)54-64(95(4,5)6)55-78(92)74-42-29-41-73-72-40-23-28-47-89(72)102-93(73)74/h10-59H,1-9H3/i19D,20D,21D,22D,24D,25D,26D,27D,36D,37D,38D,39D,43D,44D,45D,46D. The van der Waals surface area contributed by atoms with Crippen molar-refractivity contribution in [2.45, 2.75) is 78.6 Å². The van der Waals surface area contributed by atoms with Gasteiger partial charge in [-0.1, -0.05) is 274 Å². The highest BCUT2D eigenvalue weighted by atomic mass is 16.3. The van der Waals surface area contributed by atoms with E-state index in [0.29, 0.717) is 33.9 Å². The largest absolute Gasteiger partial charge is 0.455 e. The van der Waals surface area contributed by atoms with E-state index in [0.717, 1.165) is 111 Å². The van der Waals surface area contributed by atoms with Crippen LogP contribution in [0.15, 0.2) is 307 Å². The topological polar surface area (TPSA) is 29.5 Å². The first-order valence-corrected chi connectivity index (χ1v) is 34.7. The lowest BCUT2D eigenvalue weighted by atomic mass is 9.33. The fourth-order valence-electron chi connectivity index (χ4n) is 15.8. The number of rotatable bonds is 8. The van der Waals surface area contributed by atoms with Crippen molar-refractivity contribution in [3.05, 3.63) is 320 Å². The summed E-state index contributed by atoms with van der Waals surface area (Å²) < 4.78 is 162. The maximum Gasteiger partial charge on any atom is 0.252 e. The number of benzene rings is 14. The van der Waals surface area contributed by atoms with E-state index in [-0.39, 0.29) is 43.6 Å². The van der Waals surface area contributed by atoms with E-state index < -0.39 is 120 Å². The van der Waals surface area contributed by atoms with Gasteiger partial charge in [0.15, 0.2) is 0 Å². The van der Waals surface area contributed by atoms with Crippen molar-refractivity contribution in [2.24, 2.45) is 0 Å². The number of nitrogens with zero attached hydrogens (tertiary/aromatic N) is 4. The summed E-state index contributed by atoms with van der Waals surface area (Å²) in [6.45, 7) is 19.0. The van der Waals surface area contributed by atoms with Crippen LogP contribution in [0.4, 0.5) is 34.1 Å². The van der Waals surface area contributed by atoms with Crippen LogP contribution in [0.3, 0.4) is 0 Å². The van der Waals surface area contributed by atoms with Crippen molar-refractivity contribution in [2.75, 3.05) is 9.80 Å². The van der Waals surface area contributed by atoms with Crippen molar-refractivity contribution < 1.29 is 26.3 Å². The molecule has 0 saturated heterocycles. The summed E-state index contributed by atoms with van der Waals surface area (Å²) in [5.41, 5.74) is 16.3. The molecular weight excluding hydrogens is 1240 g/mol. The number of fused-ring (bicyclic) bond motifs is 13. The van der Waals surface area contributed by atoms with Gasteiger partial charge in [0.05, 0.1) is 55.4 Å². The molecule has 17 aromatic rings. The van der Waals surface area contributed by atoms with Crippen molar-refractivity contribution >= 4 is 123 Å². The number of furan rings is 1. The predicted octanol–water partition coefficient (Wildman–Crippen LogP) is 24.4. The molecular formula is C96H77BN4O. The van der Waals surface area contributed by atoms with Crippen LogP contribution in [0.25, 0.3) is 121 Å². The number of hydrogen-bond acceptors (Lipinski definition) is 3. The van der Waals surface area contributed by atoms with Crippen LogP contribution in [-0.2, 0) is 16.2 Å². The molecule has 3 aromatic heterocycles. The average molecular weight is 1330 g/mol. The SMILES string of the molecule is [2H]c1c([2H])c([2H])c2c(c1[2H])c1c([2H])c([2H])c([2H])c([2H])c1n2-c1ccc2c(c1)N(c1c(-c3ccccc3)cc(C(C)(C)C)cc1-c1ccccc1)c1cc(C(C)(C)C)cc3c1B2c1ccc(-n2c4c([2H])c([2H])c([2H])c([2H])c4c4c([2H])c([2H])c([2H])c([2H])c42)cc1N3c1c(-c2ccccc2)cc(C(C)(C)C)cc1-c1cccc2c1oc1ccccc12. The molecule has 0 aliphatic carbocycles. The molecule has 0 unspecified atom stereocenters. The van der Waals surface area contributed by atoms with Gasteiger partial charge in [-0.25, -0.2) is 0 Å². The Morgan fingerprint density at radius 1 is 0.314 bits per heavy atom. The van der Waals surface area contributed by atoms with E-state index in [1.54, 1.807) is 9.13 Å². The van der Waals surface area contributed by atoms with Gasteiger partial charge in [0.25, 0.3) is 6.71 Å². The van der Waals surface area contributed by atoms with Crippen molar-refractivity contribution in [1.29, 1.82) is 0 Å². The summed E-state index contributed by atoms with van der Waals surface area (Å²) in [5.74, 6) is 0. The first-order chi connectivity index (χ1) is 56.2. The second-order valence-corrected chi connectivity index (χ2v) is 30.1. The highest BCUT2D eigenvalue weighted by Gasteiger charge is 2.47. The molecule has 102 heavy (non-hydrogen) atoms.